The Morgan fingerprint density at radius 2 is 2.15 bits per heavy atom. The van der Waals surface area contributed by atoms with E-state index in [9.17, 15) is 4.57 Å². The van der Waals surface area contributed by atoms with Crippen LogP contribution >= 0.6 is 47.2 Å². The van der Waals surface area contributed by atoms with Gasteiger partial charge in [-0.15, -0.1) is 4.89 Å². The Balaban J connectivity index is 3.01. The Labute approximate surface area is 98.0 Å². The minimum atomic E-state index is -2.67. The third-order valence-electron chi connectivity index (χ3n) is 1.17. The number of benzene rings is 1. The quantitative estimate of drug-likeness (QED) is 0.649. The molecular weight excluding hydrogens is 374 g/mol. The van der Waals surface area contributed by atoms with Crippen LogP contribution in [-0.2, 0) is 4.57 Å². The maximum absolute atomic E-state index is 10.4. The van der Waals surface area contributed by atoms with Gasteiger partial charge in [-0.2, -0.15) is 0 Å². The van der Waals surface area contributed by atoms with Crippen LogP contribution in [0.15, 0.2) is 22.7 Å². The summed E-state index contributed by atoms with van der Waals surface area (Å²) in [6.07, 6.45) is 0. The number of halogens is 2. The Morgan fingerprint density at radius 3 is 2.69 bits per heavy atom. The van der Waals surface area contributed by atoms with E-state index in [0.717, 1.165) is 4.47 Å². The molecule has 0 saturated heterocycles. The summed E-state index contributed by atoms with van der Waals surface area (Å²) in [5.41, 5.74) is 0. The minimum absolute atomic E-state index is 0.229. The van der Waals surface area contributed by atoms with Gasteiger partial charge in [0.2, 0.25) is 5.75 Å². The molecule has 7 heteroatoms. The number of hydrogen-bond donors (Lipinski definition) is 1. The average Bonchev–Trinajstić information content (AvgIpc) is 2.03. The zero-order valence-corrected chi connectivity index (χ0v) is 10.7. The molecule has 1 aromatic rings. The molecule has 4 nitrogen and oxygen atoms in total. The molecule has 0 fully saturated rings. The first-order valence-electron chi connectivity index (χ1n) is 3.05. The molecule has 1 unspecified atom stereocenters. The summed E-state index contributed by atoms with van der Waals surface area (Å²) in [6.45, 7) is 0. The molecule has 0 radical (unpaired) electrons. The molecule has 0 amide bonds. The van der Waals surface area contributed by atoms with Crippen molar-refractivity contribution < 1.29 is 17.0 Å². The second-order valence-corrected chi connectivity index (χ2v) is 4.01. The SMILES string of the molecule is O=[P+](O)Oc1cc(Br)ccc1OI. The van der Waals surface area contributed by atoms with Gasteiger partial charge in [-0.1, -0.05) is 15.9 Å². The predicted octanol–water partition coefficient (Wildman–Crippen LogP) is 3.21. The van der Waals surface area contributed by atoms with Crippen molar-refractivity contribution in [2.24, 2.45) is 0 Å². The highest BCUT2D eigenvalue weighted by Gasteiger charge is 2.18. The fourth-order valence-electron chi connectivity index (χ4n) is 0.701. The van der Waals surface area contributed by atoms with Crippen LogP contribution < -0.4 is 7.59 Å². The van der Waals surface area contributed by atoms with E-state index in [1.165, 1.54) is 0 Å². The fourth-order valence-corrected chi connectivity index (χ4v) is 1.72. The van der Waals surface area contributed by atoms with E-state index in [1.807, 2.05) is 0 Å². The van der Waals surface area contributed by atoms with Crippen molar-refractivity contribution in [3.63, 3.8) is 0 Å². The predicted molar refractivity (Wildman–Crippen MR) is 59.2 cm³/mol. The van der Waals surface area contributed by atoms with Gasteiger partial charge in [-0.25, -0.2) is 4.52 Å². The third-order valence-corrected chi connectivity index (χ3v) is 2.49. The standard InChI is InChI=1S/C6H3BrIO4P/c7-4-1-2-5(11-8)6(3-4)12-13(9)10/h1-3H/p+1. The van der Waals surface area contributed by atoms with Crippen molar-refractivity contribution in [3.8, 4) is 11.5 Å². The van der Waals surface area contributed by atoms with E-state index in [-0.39, 0.29) is 5.75 Å². The molecule has 0 aliphatic carbocycles. The Bertz CT molecular complexity index is 332. The average molecular weight is 378 g/mol. The molecule has 0 spiro atoms. The van der Waals surface area contributed by atoms with E-state index in [2.05, 4.69) is 20.5 Å². The summed E-state index contributed by atoms with van der Waals surface area (Å²) in [5, 5.41) is 0. The highest BCUT2D eigenvalue weighted by molar-refractivity contribution is 14.1. The summed E-state index contributed by atoms with van der Waals surface area (Å²) in [5.74, 6) is 0.633. The molecule has 0 aliphatic heterocycles. The molecule has 0 bridgehead atoms. The van der Waals surface area contributed by atoms with Gasteiger partial charge in [0.25, 0.3) is 0 Å². The molecule has 0 aromatic heterocycles. The molecule has 1 atom stereocenters. The molecular formula is C6H4BrIO4P+. The molecule has 1 N–H and O–H groups in total. The van der Waals surface area contributed by atoms with E-state index >= 15 is 0 Å². The number of hydrogen-bond acceptors (Lipinski definition) is 3. The molecule has 1 aromatic carbocycles. The van der Waals surface area contributed by atoms with Crippen LogP contribution in [0.5, 0.6) is 11.5 Å². The topological polar surface area (TPSA) is 55.8 Å². The Morgan fingerprint density at radius 1 is 1.46 bits per heavy atom. The maximum atomic E-state index is 10.4. The second kappa shape index (κ2) is 5.09. The van der Waals surface area contributed by atoms with Crippen LogP contribution in [0.4, 0.5) is 0 Å². The smallest absolute Gasteiger partial charge is 0.423 e. The van der Waals surface area contributed by atoms with Crippen molar-refractivity contribution in [1.82, 2.24) is 0 Å². The summed E-state index contributed by atoms with van der Waals surface area (Å²) < 4.78 is 20.7. The van der Waals surface area contributed by atoms with Crippen LogP contribution in [0.2, 0.25) is 0 Å². The highest BCUT2D eigenvalue weighted by atomic mass is 127. The van der Waals surface area contributed by atoms with Crippen molar-refractivity contribution in [3.05, 3.63) is 22.7 Å². The normalized spacial score (nSPS) is 10.8. The monoisotopic (exact) mass is 377 g/mol. The van der Waals surface area contributed by atoms with E-state index in [0.29, 0.717) is 5.75 Å². The largest absolute Gasteiger partial charge is 0.747 e. The summed E-state index contributed by atoms with van der Waals surface area (Å²) in [7, 11) is -2.67. The van der Waals surface area contributed by atoms with Crippen molar-refractivity contribution >= 4 is 47.2 Å². The van der Waals surface area contributed by atoms with Gasteiger partial charge in [-0.05, 0) is 12.1 Å². The zero-order valence-electron chi connectivity index (χ0n) is 6.11. The van der Waals surface area contributed by atoms with E-state index in [4.69, 9.17) is 7.96 Å². The maximum Gasteiger partial charge on any atom is 0.747 e. The van der Waals surface area contributed by atoms with Crippen molar-refractivity contribution in [2.75, 3.05) is 0 Å². The fraction of sp³-hybridized carbons (Fsp3) is 0. The molecule has 13 heavy (non-hydrogen) atoms. The Kier molecular flexibility index (Phi) is 4.37. The summed E-state index contributed by atoms with van der Waals surface area (Å²) in [4.78, 5) is 8.53. The first-order chi connectivity index (χ1) is 6.13. The lowest BCUT2D eigenvalue weighted by Gasteiger charge is -1.99. The zero-order chi connectivity index (χ0) is 9.84. The van der Waals surface area contributed by atoms with Crippen LogP contribution in [0, 0.1) is 0 Å². The lowest BCUT2D eigenvalue weighted by atomic mass is 10.3. The molecule has 1 rings (SSSR count). The van der Waals surface area contributed by atoms with Gasteiger partial charge in [0.05, 0.1) is 0 Å². The third kappa shape index (κ3) is 3.38. The Hall–Kier alpha value is 0.0900. The van der Waals surface area contributed by atoms with Crippen LogP contribution in [0.25, 0.3) is 0 Å². The van der Waals surface area contributed by atoms with Gasteiger partial charge < -0.3 is 3.07 Å². The van der Waals surface area contributed by atoms with Crippen LogP contribution in [0.3, 0.4) is 0 Å². The van der Waals surface area contributed by atoms with Gasteiger partial charge in [0, 0.05) is 15.1 Å². The lowest BCUT2D eigenvalue weighted by molar-refractivity contribution is 0.406. The first-order valence-corrected chi connectivity index (χ1v) is 5.86. The number of rotatable bonds is 3. The van der Waals surface area contributed by atoms with E-state index < -0.39 is 8.25 Å². The highest BCUT2D eigenvalue weighted by Crippen LogP contribution is 2.36. The van der Waals surface area contributed by atoms with Crippen molar-refractivity contribution in [2.45, 2.75) is 0 Å². The van der Waals surface area contributed by atoms with E-state index in [1.54, 1.807) is 41.2 Å². The van der Waals surface area contributed by atoms with Gasteiger partial charge in [0.15, 0.2) is 28.8 Å². The van der Waals surface area contributed by atoms with Gasteiger partial charge in [-0.3, -0.25) is 0 Å². The van der Waals surface area contributed by atoms with Crippen LogP contribution in [-0.4, -0.2) is 4.89 Å². The van der Waals surface area contributed by atoms with Gasteiger partial charge >= 0.3 is 8.25 Å². The molecule has 0 heterocycles. The minimum Gasteiger partial charge on any atom is -0.423 e. The molecule has 0 aliphatic rings. The second-order valence-electron chi connectivity index (χ2n) is 2.00. The first kappa shape index (κ1) is 11.2. The summed E-state index contributed by atoms with van der Waals surface area (Å²) >= 11 is 4.87. The molecule has 70 valence electrons. The molecule has 0 saturated carbocycles. The summed E-state index contributed by atoms with van der Waals surface area (Å²) in [6, 6.07) is 4.92. The van der Waals surface area contributed by atoms with Crippen LogP contribution in [0.1, 0.15) is 0 Å². The van der Waals surface area contributed by atoms with Crippen molar-refractivity contribution in [1.29, 1.82) is 0 Å². The van der Waals surface area contributed by atoms with Gasteiger partial charge in [0.1, 0.15) is 0 Å². The lowest BCUT2D eigenvalue weighted by Crippen LogP contribution is -1.84.